The molecule has 6 heteroatoms. The van der Waals surface area contributed by atoms with Crippen LogP contribution in [0.4, 0.5) is 5.82 Å². The largest absolute Gasteiger partial charge is 0.378 e. The van der Waals surface area contributed by atoms with Crippen molar-refractivity contribution in [3.63, 3.8) is 0 Å². The third-order valence-corrected chi connectivity index (χ3v) is 3.21. The Balaban J connectivity index is 1.98. The van der Waals surface area contributed by atoms with Gasteiger partial charge in [-0.1, -0.05) is 0 Å². The predicted molar refractivity (Wildman–Crippen MR) is 70.5 cm³/mol. The molecule has 17 heavy (non-hydrogen) atoms. The number of hydrogen-bond donors (Lipinski definition) is 2. The summed E-state index contributed by atoms with van der Waals surface area (Å²) in [6.45, 7) is 4.58. The normalized spacial score (nSPS) is 10.9. The molecule has 2 aromatic rings. The molecule has 5 nitrogen and oxygen atoms in total. The highest BCUT2D eigenvalue weighted by atomic mass is 32.1. The molecule has 0 aliphatic heterocycles. The van der Waals surface area contributed by atoms with Crippen LogP contribution in [0.1, 0.15) is 4.88 Å². The number of aromatic nitrogens is 2. The lowest BCUT2D eigenvalue weighted by Gasteiger charge is -2.06. The van der Waals surface area contributed by atoms with Gasteiger partial charge in [0.15, 0.2) is 0 Å². The van der Waals surface area contributed by atoms with E-state index in [1.54, 1.807) is 17.7 Å². The molecule has 92 valence electrons. The van der Waals surface area contributed by atoms with Crippen LogP contribution in [0.25, 0.3) is 10.2 Å². The Morgan fingerprint density at radius 2 is 2.29 bits per heavy atom. The van der Waals surface area contributed by atoms with E-state index in [1.807, 2.05) is 0 Å². The molecule has 0 bridgehead atoms. The number of anilines is 1. The molecule has 0 unspecified atom stereocenters. The summed E-state index contributed by atoms with van der Waals surface area (Å²) < 4.78 is 5.29. The van der Waals surface area contributed by atoms with Crippen LogP contribution in [0, 0.1) is 6.92 Å². The first-order valence-electron chi connectivity index (χ1n) is 5.54. The zero-order valence-electron chi connectivity index (χ0n) is 9.77. The predicted octanol–water partition coefficient (Wildman–Crippen LogP) is 1.39. The zero-order valence-corrected chi connectivity index (χ0v) is 10.6. The number of aryl methyl sites for hydroxylation is 1. The zero-order chi connectivity index (χ0) is 12.1. The topological polar surface area (TPSA) is 73.1 Å². The minimum absolute atomic E-state index is 0.557. The Bertz CT molecular complexity index is 485. The lowest BCUT2D eigenvalue weighted by Crippen LogP contribution is -2.14. The van der Waals surface area contributed by atoms with E-state index in [-0.39, 0.29) is 0 Å². The molecule has 3 N–H and O–H groups in total. The van der Waals surface area contributed by atoms with Crippen molar-refractivity contribution in [3.8, 4) is 0 Å². The highest BCUT2D eigenvalue weighted by molar-refractivity contribution is 7.18. The van der Waals surface area contributed by atoms with Gasteiger partial charge in [0.1, 0.15) is 17.0 Å². The van der Waals surface area contributed by atoms with Crippen molar-refractivity contribution in [2.24, 2.45) is 5.73 Å². The minimum Gasteiger partial charge on any atom is -0.378 e. The molecule has 2 heterocycles. The van der Waals surface area contributed by atoms with Crippen LogP contribution in [0.3, 0.4) is 0 Å². The maximum Gasteiger partial charge on any atom is 0.138 e. The molecular formula is C11H16N4OS. The summed E-state index contributed by atoms with van der Waals surface area (Å²) in [6, 6.07) is 2.10. The number of fused-ring (bicyclic) bond motifs is 1. The Morgan fingerprint density at radius 3 is 3.12 bits per heavy atom. The molecule has 0 spiro atoms. The summed E-state index contributed by atoms with van der Waals surface area (Å²) >= 11 is 1.67. The summed E-state index contributed by atoms with van der Waals surface area (Å²) in [6.07, 6.45) is 1.58. The van der Waals surface area contributed by atoms with E-state index in [4.69, 9.17) is 10.5 Å². The summed E-state index contributed by atoms with van der Waals surface area (Å²) in [7, 11) is 0. The first kappa shape index (κ1) is 12.2. The van der Waals surface area contributed by atoms with E-state index in [2.05, 4.69) is 28.3 Å². The number of hydrogen-bond acceptors (Lipinski definition) is 6. The quantitative estimate of drug-likeness (QED) is 0.760. The van der Waals surface area contributed by atoms with Crippen LogP contribution in [0.15, 0.2) is 12.4 Å². The van der Waals surface area contributed by atoms with Crippen LogP contribution >= 0.6 is 11.3 Å². The smallest absolute Gasteiger partial charge is 0.138 e. The number of nitrogens with two attached hydrogens (primary N) is 1. The second kappa shape index (κ2) is 5.90. The second-order valence-corrected chi connectivity index (χ2v) is 4.86. The summed E-state index contributed by atoms with van der Waals surface area (Å²) in [4.78, 5) is 10.7. The van der Waals surface area contributed by atoms with Gasteiger partial charge in [0.2, 0.25) is 0 Å². The molecule has 0 radical (unpaired) electrons. The molecular weight excluding hydrogens is 236 g/mol. The molecule has 0 atom stereocenters. The number of rotatable bonds is 6. The standard InChI is InChI=1S/C11H16N4OS/c1-8-6-9-10(13-3-5-16-4-2-12)14-7-15-11(9)17-8/h6-7H,2-5,12H2,1H3,(H,13,14,15). The van der Waals surface area contributed by atoms with E-state index in [0.717, 1.165) is 22.6 Å². The fourth-order valence-corrected chi connectivity index (χ4v) is 2.39. The van der Waals surface area contributed by atoms with Gasteiger partial charge in [-0.2, -0.15) is 0 Å². The molecule has 2 rings (SSSR count). The third-order valence-electron chi connectivity index (χ3n) is 2.25. The maximum atomic E-state index is 5.33. The third kappa shape index (κ3) is 3.12. The summed E-state index contributed by atoms with van der Waals surface area (Å²) in [5, 5.41) is 4.33. The van der Waals surface area contributed by atoms with Crippen molar-refractivity contribution in [1.29, 1.82) is 0 Å². The number of nitrogens with one attached hydrogen (secondary N) is 1. The van der Waals surface area contributed by atoms with Gasteiger partial charge >= 0.3 is 0 Å². The van der Waals surface area contributed by atoms with Crippen molar-refractivity contribution in [2.45, 2.75) is 6.92 Å². The lowest BCUT2D eigenvalue weighted by molar-refractivity contribution is 0.151. The fourth-order valence-electron chi connectivity index (χ4n) is 1.54. The van der Waals surface area contributed by atoms with Gasteiger partial charge in [0, 0.05) is 18.0 Å². The maximum absolute atomic E-state index is 5.33. The van der Waals surface area contributed by atoms with Crippen molar-refractivity contribution in [3.05, 3.63) is 17.3 Å². The summed E-state index contributed by atoms with van der Waals surface area (Å²) in [5.74, 6) is 0.871. The monoisotopic (exact) mass is 252 g/mol. The lowest BCUT2D eigenvalue weighted by atomic mass is 10.3. The van der Waals surface area contributed by atoms with Gasteiger partial charge in [-0.15, -0.1) is 11.3 Å². The van der Waals surface area contributed by atoms with Crippen molar-refractivity contribution < 1.29 is 4.74 Å². The molecule has 0 aromatic carbocycles. The van der Waals surface area contributed by atoms with Crippen LogP contribution in [0.2, 0.25) is 0 Å². The van der Waals surface area contributed by atoms with Crippen molar-refractivity contribution >= 4 is 27.4 Å². The van der Waals surface area contributed by atoms with E-state index in [9.17, 15) is 0 Å². The first-order chi connectivity index (χ1) is 8.31. The SMILES string of the molecule is Cc1cc2c(NCCOCCN)ncnc2s1. The Morgan fingerprint density at radius 1 is 1.41 bits per heavy atom. The number of ether oxygens (including phenoxy) is 1. The van der Waals surface area contributed by atoms with Crippen LogP contribution in [0.5, 0.6) is 0 Å². The average molecular weight is 252 g/mol. The summed E-state index contributed by atoms with van der Waals surface area (Å²) in [5.41, 5.74) is 5.33. The molecule has 0 amide bonds. The van der Waals surface area contributed by atoms with E-state index in [1.165, 1.54) is 4.88 Å². The van der Waals surface area contributed by atoms with Gasteiger partial charge in [-0.25, -0.2) is 9.97 Å². The van der Waals surface area contributed by atoms with Gasteiger partial charge in [-0.3, -0.25) is 0 Å². The molecule has 0 saturated heterocycles. The Kier molecular flexibility index (Phi) is 4.24. The average Bonchev–Trinajstić information content (AvgIpc) is 2.70. The van der Waals surface area contributed by atoms with Crippen LogP contribution in [-0.4, -0.2) is 36.3 Å². The Labute approximate surface area is 104 Å². The van der Waals surface area contributed by atoms with E-state index < -0.39 is 0 Å². The highest BCUT2D eigenvalue weighted by Crippen LogP contribution is 2.27. The van der Waals surface area contributed by atoms with Crippen molar-refractivity contribution in [1.82, 2.24) is 9.97 Å². The first-order valence-corrected chi connectivity index (χ1v) is 6.35. The number of nitrogens with zero attached hydrogens (tertiary/aromatic N) is 2. The van der Waals surface area contributed by atoms with Crippen molar-refractivity contribution in [2.75, 3.05) is 31.6 Å². The van der Waals surface area contributed by atoms with Crippen LogP contribution < -0.4 is 11.1 Å². The molecule has 0 fully saturated rings. The van der Waals surface area contributed by atoms with Gasteiger partial charge < -0.3 is 15.8 Å². The number of thiophene rings is 1. The van der Waals surface area contributed by atoms with Gasteiger partial charge in [0.25, 0.3) is 0 Å². The van der Waals surface area contributed by atoms with Gasteiger partial charge in [-0.05, 0) is 13.0 Å². The molecule has 0 saturated carbocycles. The highest BCUT2D eigenvalue weighted by Gasteiger charge is 2.05. The second-order valence-electron chi connectivity index (χ2n) is 3.63. The fraction of sp³-hybridized carbons (Fsp3) is 0.455. The van der Waals surface area contributed by atoms with E-state index >= 15 is 0 Å². The van der Waals surface area contributed by atoms with Crippen LogP contribution in [-0.2, 0) is 4.74 Å². The van der Waals surface area contributed by atoms with Gasteiger partial charge in [0.05, 0.1) is 18.6 Å². The van der Waals surface area contributed by atoms with E-state index in [0.29, 0.717) is 19.8 Å². The molecule has 0 aliphatic rings. The molecule has 2 aromatic heterocycles. The molecule has 0 aliphatic carbocycles. The minimum atomic E-state index is 0.557. The Hall–Kier alpha value is -1.24.